The minimum atomic E-state index is -0.416. The number of benzene rings is 1. The molecule has 0 spiro atoms. The quantitative estimate of drug-likeness (QED) is 0.217. The normalized spacial score (nSPS) is 14.3. The van der Waals surface area contributed by atoms with E-state index < -0.39 is 4.92 Å². The van der Waals surface area contributed by atoms with E-state index in [1.807, 2.05) is 6.92 Å². The summed E-state index contributed by atoms with van der Waals surface area (Å²) in [5.41, 5.74) is 0.963. The summed E-state index contributed by atoms with van der Waals surface area (Å²) in [6, 6.07) is 9.77. The number of aliphatic imine (C=N–C) groups is 1. The zero-order valence-corrected chi connectivity index (χ0v) is 18.4. The van der Waals surface area contributed by atoms with Crippen LogP contribution in [0.3, 0.4) is 0 Å². The topological polar surface area (TPSA) is 104 Å². The van der Waals surface area contributed by atoms with Crippen LogP contribution in [0.25, 0.3) is 0 Å². The summed E-state index contributed by atoms with van der Waals surface area (Å²) in [5, 5.41) is 14.0. The molecule has 0 atom stereocenters. The van der Waals surface area contributed by atoms with E-state index in [-0.39, 0.29) is 35.6 Å². The highest BCUT2D eigenvalue weighted by Crippen LogP contribution is 2.13. The van der Waals surface area contributed by atoms with Crippen molar-refractivity contribution in [3.8, 4) is 0 Å². The van der Waals surface area contributed by atoms with Crippen molar-refractivity contribution in [2.45, 2.75) is 13.5 Å². The fourth-order valence-electron chi connectivity index (χ4n) is 2.99. The van der Waals surface area contributed by atoms with E-state index in [9.17, 15) is 14.9 Å². The molecule has 1 saturated heterocycles. The number of hydrogen-bond acceptors (Lipinski definition) is 5. The molecule has 3 rings (SSSR count). The van der Waals surface area contributed by atoms with Gasteiger partial charge in [-0.05, 0) is 24.6 Å². The Bertz CT molecular complexity index is 831. The molecule has 1 fully saturated rings. The second-order valence-corrected chi connectivity index (χ2v) is 6.35. The number of nitrogens with one attached hydrogen (secondary N) is 1. The van der Waals surface area contributed by atoms with Crippen molar-refractivity contribution in [2.75, 3.05) is 32.7 Å². The molecule has 29 heavy (non-hydrogen) atoms. The van der Waals surface area contributed by atoms with Gasteiger partial charge in [0.15, 0.2) is 11.7 Å². The second-order valence-electron chi connectivity index (χ2n) is 6.35. The number of amides is 1. The largest absolute Gasteiger partial charge is 0.459 e. The lowest BCUT2D eigenvalue weighted by Gasteiger charge is -2.36. The number of furan rings is 1. The van der Waals surface area contributed by atoms with Crippen LogP contribution in [0, 0.1) is 10.1 Å². The summed E-state index contributed by atoms with van der Waals surface area (Å²) in [4.78, 5) is 31.2. The van der Waals surface area contributed by atoms with Crippen molar-refractivity contribution in [3.63, 3.8) is 0 Å². The van der Waals surface area contributed by atoms with Gasteiger partial charge in [0.2, 0.25) is 0 Å². The molecule has 0 saturated carbocycles. The number of halogens is 1. The van der Waals surface area contributed by atoms with Gasteiger partial charge in [0.25, 0.3) is 11.6 Å². The molecule has 156 valence electrons. The fourth-order valence-corrected chi connectivity index (χ4v) is 2.99. The maximum atomic E-state index is 12.4. The lowest BCUT2D eigenvalue weighted by Crippen LogP contribution is -2.53. The monoisotopic (exact) mass is 513 g/mol. The number of nitro benzene ring substituents is 1. The zero-order chi connectivity index (χ0) is 19.9. The smallest absolute Gasteiger partial charge is 0.289 e. The van der Waals surface area contributed by atoms with Crippen LogP contribution in [0.1, 0.15) is 23.0 Å². The Balaban J connectivity index is 0.00000300. The molecule has 1 aliphatic heterocycles. The number of piperazine rings is 1. The number of non-ortho nitro benzene ring substituents is 1. The fraction of sp³-hybridized carbons (Fsp3) is 0.368. The van der Waals surface area contributed by atoms with E-state index in [4.69, 9.17) is 4.42 Å². The second kappa shape index (κ2) is 10.8. The zero-order valence-electron chi connectivity index (χ0n) is 16.1. The van der Waals surface area contributed by atoms with Crippen molar-refractivity contribution in [1.29, 1.82) is 0 Å². The van der Waals surface area contributed by atoms with E-state index in [0.717, 1.165) is 18.1 Å². The standard InChI is InChI=1S/C19H23N5O4.HI/c1-2-20-19(21-14-15-5-7-16(8-6-15)24(26)27)23-11-9-22(10-12-23)18(25)17-4-3-13-28-17;/h3-8,13H,2,9-12,14H2,1H3,(H,20,21);1H. The minimum Gasteiger partial charge on any atom is -0.459 e. The average molecular weight is 513 g/mol. The molecule has 10 heteroatoms. The first-order valence-electron chi connectivity index (χ1n) is 9.18. The molecule has 1 aliphatic rings. The van der Waals surface area contributed by atoms with Gasteiger partial charge in [0.05, 0.1) is 17.7 Å². The van der Waals surface area contributed by atoms with Gasteiger partial charge in [-0.15, -0.1) is 24.0 Å². The molecule has 0 bridgehead atoms. The molecule has 1 aromatic heterocycles. The maximum Gasteiger partial charge on any atom is 0.289 e. The van der Waals surface area contributed by atoms with Gasteiger partial charge >= 0.3 is 0 Å². The number of hydrogen-bond donors (Lipinski definition) is 1. The molecule has 0 aliphatic carbocycles. The predicted molar refractivity (Wildman–Crippen MR) is 120 cm³/mol. The lowest BCUT2D eigenvalue weighted by atomic mass is 10.2. The summed E-state index contributed by atoms with van der Waals surface area (Å²) >= 11 is 0. The number of carbonyl (C=O) groups excluding carboxylic acids is 1. The van der Waals surface area contributed by atoms with Crippen molar-refractivity contribution in [2.24, 2.45) is 4.99 Å². The Morgan fingerprint density at radius 3 is 2.38 bits per heavy atom. The third-order valence-electron chi connectivity index (χ3n) is 4.49. The highest BCUT2D eigenvalue weighted by Gasteiger charge is 2.25. The molecule has 1 N–H and O–H groups in total. The third-order valence-corrected chi connectivity index (χ3v) is 4.49. The molecule has 9 nitrogen and oxygen atoms in total. The van der Waals surface area contributed by atoms with Gasteiger partial charge in [-0.3, -0.25) is 14.9 Å². The molecule has 1 aromatic carbocycles. The summed E-state index contributed by atoms with van der Waals surface area (Å²) < 4.78 is 5.19. The molecular weight excluding hydrogens is 489 g/mol. The van der Waals surface area contributed by atoms with E-state index in [0.29, 0.717) is 38.5 Å². The number of rotatable bonds is 5. The first-order valence-corrected chi connectivity index (χ1v) is 9.18. The van der Waals surface area contributed by atoms with Crippen LogP contribution >= 0.6 is 24.0 Å². The van der Waals surface area contributed by atoms with Gasteiger partial charge in [-0.1, -0.05) is 12.1 Å². The van der Waals surface area contributed by atoms with Gasteiger partial charge < -0.3 is 19.5 Å². The van der Waals surface area contributed by atoms with E-state index in [2.05, 4.69) is 15.2 Å². The number of nitro groups is 1. The van der Waals surface area contributed by atoms with Crippen molar-refractivity contribution in [3.05, 3.63) is 64.1 Å². The molecule has 0 unspecified atom stereocenters. The Labute approximate surface area is 185 Å². The third kappa shape index (κ3) is 5.92. The van der Waals surface area contributed by atoms with E-state index in [1.165, 1.54) is 18.4 Å². The number of nitrogens with zero attached hydrogens (tertiary/aromatic N) is 4. The van der Waals surface area contributed by atoms with Crippen LogP contribution in [-0.4, -0.2) is 59.3 Å². The Kier molecular flexibility index (Phi) is 8.43. The van der Waals surface area contributed by atoms with E-state index in [1.54, 1.807) is 29.2 Å². The van der Waals surface area contributed by atoms with Gasteiger partial charge in [0, 0.05) is 44.9 Å². The predicted octanol–water partition coefficient (Wildman–Crippen LogP) is 2.73. The highest BCUT2D eigenvalue weighted by atomic mass is 127. The Hall–Kier alpha value is -2.63. The lowest BCUT2D eigenvalue weighted by molar-refractivity contribution is -0.384. The molecule has 0 radical (unpaired) electrons. The van der Waals surface area contributed by atoms with Gasteiger partial charge in [-0.25, -0.2) is 4.99 Å². The number of guanidine groups is 1. The summed E-state index contributed by atoms with van der Waals surface area (Å²) in [6.45, 7) is 5.65. The molecule has 2 heterocycles. The van der Waals surface area contributed by atoms with Crippen LogP contribution in [-0.2, 0) is 6.54 Å². The first-order chi connectivity index (χ1) is 13.6. The Morgan fingerprint density at radius 1 is 1.17 bits per heavy atom. The molecule has 2 aromatic rings. The van der Waals surface area contributed by atoms with Crippen molar-refractivity contribution < 1.29 is 14.1 Å². The SMILES string of the molecule is CCNC(=NCc1ccc([N+](=O)[O-])cc1)N1CCN(C(=O)c2ccco2)CC1.I. The first kappa shape index (κ1) is 22.7. The van der Waals surface area contributed by atoms with Crippen LogP contribution in [0.2, 0.25) is 0 Å². The van der Waals surface area contributed by atoms with Crippen LogP contribution in [0.15, 0.2) is 52.1 Å². The summed E-state index contributed by atoms with van der Waals surface area (Å²) in [5.74, 6) is 1.02. The minimum absolute atomic E-state index is 0. The van der Waals surface area contributed by atoms with Gasteiger partial charge in [0.1, 0.15) is 0 Å². The van der Waals surface area contributed by atoms with Crippen molar-refractivity contribution in [1.82, 2.24) is 15.1 Å². The highest BCUT2D eigenvalue weighted by molar-refractivity contribution is 14.0. The number of carbonyl (C=O) groups is 1. The summed E-state index contributed by atoms with van der Waals surface area (Å²) in [7, 11) is 0. The summed E-state index contributed by atoms with van der Waals surface area (Å²) in [6.07, 6.45) is 1.50. The molecule has 1 amide bonds. The maximum absolute atomic E-state index is 12.4. The van der Waals surface area contributed by atoms with Gasteiger partial charge in [-0.2, -0.15) is 0 Å². The average Bonchev–Trinajstić information content (AvgIpc) is 3.26. The molecular formula is C19H24IN5O4. The van der Waals surface area contributed by atoms with Crippen LogP contribution in [0.4, 0.5) is 5.69 Å². The van der Waals surface area contributed by atoms with Crippen LogP contribution in [0.5, 0.6) is 0 Å². The Morgan fingerprint density at radius 2 is 1.83 bits per heavy atom. The van der Waals surface area contributed by atoms with Crippen molar-refractivity contribution >= 4 is 41.5 Å². The van der Waals surface area contributed by atoms with E-state index >= 15 is 0 Å². The van der Waals surface area contributed by atoms with Crippen LogP contribution < -0.4 is 5.32 Å².